The Balaban J connectivity index is 1.66. The van der Waals surface area contributed by atoms with Crippen molar-refractivity contribution < 1.29 is 5.11 Å². The van der Waals surface area contributed by atoms with Gasteiger partial charge in [0.15, 0.2) is 5.65 Å². The molecule has 118 valence electrons. The highest BCUT2D eigenvalue weighted by Crippen LogP contribution is 2.22. The number of phenolic OH excluding ortho intramolecular Hbond substituents is 1. The normalized spacial score (nSPS) is 12.0. The van der Waals surface area contributed by atoms with Crippen LogP contribution in [0.15, 0.2) is 53.6 Å². The van der Waals surface area contributed by atoms with E-state index in [0.29, 0.717) is 16.9 Å². The maximum Gasteiger partial charge on any atom is 0.265 e. The summed E-state index contributed by atoms with van der Waals surface area (Å²) < 4.78 is 0. The highest BCUT2D eigenvalue weighted by Gasteiger charge is 2.08. The first-order valence-corrected chi connectivity index (χ1v) is 7.42. The number of aromatic nitrogens is 4. The van der Waals surface area contributed by atoms with E-state index in [-0.39, 0.29) is 11.7 Å². The molecule has 0 fully saturated rings. The second kappa shape index (κ2) is 5.62. The maximum absolute atomic E-state index is 9.84. The van der Waals surface area contributed by atoms with E-state index in [9.17, 15) is 5.11 Å². The number of hydrogen-bond donors (Lipinski definition) is 3. The third-order valence-corrected chi connectivity index (χ3v) is 3.74. The van der Waals surface area contributed by atoms with Crippen molar-refractivity contribution in [2.45, 2.75) is 6.92 Å². The van der Waals surface area contributed by atoms with Gasteiger partial charge in [0.05, 0.1) is 5.71 Å². The molecule has 0 amide bonds. The van der Waals surface area contributed by atoms with Crippen LogP contribution in [0.4, 0.5) is 5.95 Å². The Bertz CT molecular complexity index is 1070. The van der Waals surface area contributed by atoms with Crippen LogP contribution in [0.25, 0.3) is 22.1 Å². The summed E-state index contributed by atoms with van der Waals surface area (Å²) in [5.74, 6) is 0.453. The second-order valence-corrected chi connectivity index (χ2v) is 5.33. The zero-order valence-electron chi connectivity index (χ0n) is 12.9. The van der Waals surface area contributed by atoms with E-state index >= 15 is 0 Å². The topological polar surface area (TPSA) is 99.1 Å². The fourth-order valence-electron chi connectivity index (χ4n) is 2.54. The number of H-pyrrole nitrogens is 1. The number of nitrogens with one attached hydrogen (secondary N) is 2. The van der Waals surface area contributed by atoms with Crippen molar-refractivity contribution in [2.24, 2.45) is 5.10 Å². The van der Waals surface area contributed by atoms with E-state index in [1.807, 2.05) is 30.3 Å². The van der Waals surface area contributed by atoms with Crippen LogP contribution in [0.1, 0.15) is 12.5 Å². The van der Waals surface area contributed by atoms with Crippen LogP contribution in [-0.4, -0.2) is 31.0 Å². The smallest absolute Gasteiger partial charge is 0.265 e. The predicted molar refractivity (Wildman–Crippen MR) is 93.1 cm³/mol. The summed E-state index contributed by atoms with van der Waals surface area (Å²) >= 11 is 0. The molecule has 0 unspecified atom stereocenters. The van der Waals surface area contributed by atoms with Gasteiger partial charge in [0.25, 0.3) is 5.95 Å². The lowest BCUT2D eigenvalue weighted by atomic mass is 10.1. The number of rotatable bonds is 3. The largest absolute Gasteiger partial charge is 0.507 e. The van der Waals surface area contributed by atoms with Crippen molar-refractivity contribution in [2.75, 3.05) is 5.43 Å². The zero-order chi connectivity index (χ0) is 16.5. The molecule has 2 heterocycles. The summed E-state index contributed by atoms with van der Waals surface area (Å²) in [6, 6.07) is 14.8. The number of para-hydroxylation sites is 2. The summed E-state index contributed by atoms with van der Waals surface area (Å²) in [7, 11) is 0. The van der Waals surface area contributed by atoms with Crippen molar-refractivity contribution in [1.82, 2.24) is 20.2 Å². The van der Waals surface area contributed by atoms with E-state index in [2.05, 4.69) is 30.7 Å². The Labute approximate surface area is 137 Å². The van der Waals surface area contributed by atoms with Gasteiger partial charge in [0, 0.05) is 16.5 Å². The average molecular weight is 318 g/mol. The minimum atomic E-state index is 0.172. The van der Waals surface area contributed by atoms with Crippen LogP contribution < -0.4 is 5.43 Å². The molecule has 0 radical (unpaired) electrons. The van der Waals surface area contributed by atoms with E-state index in [4.69, 9.17) is 0 Å². The fraction of sp³-hybridized carbons (Fsp3) is 0.0588. The van der Waals surface area contributed by atoms with Gasteiger partial charge in [-0.05, 0) is 25.1 Å². The highest BCUT2D eigenvalue weighted by atomic mass is 16.3. The van der Waals surface area contributed by atoms with Crippen molar-refractivity contribution in [1.29, 1.82) is 0 Å². The zero-order valence-corrected chi connectivity index (χ0v) is 12.9. The molecule has 2 aromatic heterocycles. The monoisotopic (exact) mass is 318 g/mol. The van der Waals surface area contributed by atoms with Crippen LogP contribution in [0, 0.1) is 0 Å². The van der Waals surface area contributed by atoms with Gasteiger partial charge in [0.2, 0.25) is 0 Å². The van der Waals surface area contributed by atoms with Crippen LogP contribution in [0.2, 0.25) is 0 Å². The molecule has 3 N–H and O–H groups in total. The van der Waals surface area contributed by atoms with Crippen molar-refractivity contribution in [3.8, 4) is 5.75 Å². The molecule has 7 nitrogen and oxygen atoms in total. The molecule has 2 aromatic carbocycles. The third kappa shape index (κ3) is 2.41. The van der Waals surface area contributed by atoms with Gasteiger partial charge in [0.1, 0.15) is 11.3 Å². The maximum atomic E-state index is 9.84. The van der Waals surface area contributed by atoms with Crippen molar-refractivity contribution in [3.05, 3.63) is 54.1 Å². The summed E-state index contributed by atoms with van der Waals surface area (Å²) in [5.41, 5.74) is 6.36. The molecular weight excluding hydrogens is 304 g/mol. The summed E-state index contributed by atoms with van der Waals surface area (Å²) in [5, 5.41) is 23.3. The van der Waals surface area contributed by atoms with Gasteiger partial charge in [-0.2, -0.15) is 10.1 Å². The molecule has 7 heteroatoms. The van der Waals surface area contributed by atoms with Crippen LogP contribution >= 0.6 is 0 Å². The molecule has 0 saturated heterocycles. The van der Waals surface area contributed by atoms with E-state index in [1.54, 1.807) is 25.1 Å². The average Bonchev–Trinajstić information content (AvgIpc) is 2.98. The number of aromatic amines is 1. The molecular formula is C17H14N6O. The van der Waals surface area contributed by atoms with E-state index in [0.717, 1.165) is 16.4 Å². The summed E-state index contributed by atoms with van der Waals surface area (Å²) in [6.07, 6.45) is 0. The van der Waals surface area contributed by atoms with Crippen molar-refractivity contribution in [3.63, 3.8) is 0 Å². The number of anilines is 1. The fourth-order valence-corrected chi connectivity index (χ4v) is 2.54. The van der Waals surface area contributed by atoms with Gasteiger partial charge in [-0.25, -0.2) is 5.43 Å². The highest BCUT2D eigenvalue weighted by molar-refractivity contribution is 6.03. The Hall–Kier alpha value is -3.48. The second-order valence-electron chi connectivity index (χ2n) is 5.33. The quantitative estimate of drug-likeness (QED) is 0.398. The number of aromatic hydroxyl groups is 1. The van der Waals surface area contributed by atoms with Crippen LogP contribution in [0.5, 0.6) is 5.75 Å². The molecule has 4 rings (SSSR count). The molecule has 0 aliphatic rings. The SMILES string of the molecule is C/C(=N/Nc1nnc2c(n1)[nH]c1ccccc12)c1ccccc1O. The van der Waals surface area contributed by atoms with Crippen molar-refractivity contribution >= 4 is 33.7 Å². The lowest BCUT2D eigenvalue weighted by Crippen LogP contribution is -2.03. The Kier molecular flexibility index (Phi) is 3.31. The lowest BCUT2D eigenvalue weighted by molar-refractivity contribution is 0.474. The number of benzene rings is 2. The first kappa shape index (κ1) is 14.1. The minimum absolute atomic E-state index is 0.172. The molecule has 0 saturated carbocycles. The van der Waals surface area contributed by atoms with E-state index < -0.39 is 0 Å². The van der Waals surface area contributed by atoms with Gasteiger partial charge < -0.3 is 10.1 Å². The number of phenols is 1. The molecule has 0 aliphatic carbocycles. The first-order chi connectivity index (χ1) is 11.7. The number of nitrogens with zero attached hydrogens (tertiary/aromatic N) is 4. The predicted octanol–water partition coefficient (Wildman–Crippen LogP) is 3.05. The van der Waals surface area contributed by atoms with Gasteiger partial charge in [-0.3, -0.25) is 0 Å². The molecule has 0 spiro atoms. The molecule has 0 atom stereocenters. The number of hydrazone groups is 1. The number of fused-ring (bicyclic) bond motifs is 3. The molecule has 0 bridgehead atoms. The Morgan fingerprint density at radius 1 is 1.08 bits per heavy atom. The van der Waals surface area contributed by atoms with E-state index in [1.165, 1.54) is 0 Å². The van der Waals surface area contributed by atoms with Gasteiger partial charge in [-0.15, -0.1) is 10.2 Å². The standard InChI is InChI=1S/C17H14N6O/c1-10(11-6-3-5-9-14(11)24)20-22-17-19-16-15(21-23-17)12-7-2-4-8-13(12)18-16/h2-9,24H,1H3,(H2,18,19,22,23)/b20-10-. The Morgan fingerprint density at radius 2 is 1.88 bits per heavy atom. The third-order valence-electron chi connectivity index (χ3n) is 3.74. The first-order valence-electron chi connectivity index (χ1n) is 7.42. The van der Waals surface area contributed by atoms with Gasteiger partial charge in [-0.1, -0.05) is 30.3 Å². The minimum Gasteiger partial charge on any atom is -0.507 e. The number of hydrogen-bond acceptors (Lipinski definition) is 6. The Morgan fingerprint density at radius 3 is 2.75 bits per heavy atom. The van der Waals surface area contributed by atoms with Gasteiger partial charge >= 0.3 is 0 Å². The lowest BCUT2D eigenvalue weighted by Gasteiger charge is -2.04. The molecule has 24 heavy (non-hydrogen) atoms. The molecule has 0 aliphatic heterocycles. The van der Waals surface area contributed by atoms with Crippen LogP contribution in [0.3, 0.4) is 0 Å². The summed E-state index contributed by atoms with van der Waals surface area (Å²) in [6.45, 7) is 1.79. The van der Waals surface area contributed by atoms with Crippen LogP contribution in [-0.2, 0) is 0 Å². The summed E-state index contributed by atoms with van der Waals surface area (Å²) in [4.78, 5) is 7.60. The molecule has 4 aromatic rings.